The van der Waals surface area contributed by atoms with E-state index in [9.17, 15) is 9.59 Å². The van der Waals surface area contributed by atoms with Crippen molar-refractivity contribution in [3.8, 4) is 5.75 Å². The number of nitrogens with one attached hydrogen (secondary N) is 1. The normalized spacial score (nSPS) is 15.4. The summed E-state index contributed by atoms with van der Waals surface area (Å²) < 4.78 is 5.19. The molecule has 6 nitrogen and oxygen atoms in total. The third-order valence-corrected chi connectivity index (χ3v) is 4.19. The first kappa shape index (κ1) is 17.3. The van der Waals surface area contributed by atoms with Gasteiger partial charge in [0.15, 0.2) is 6.61 Å². The first-order valence-electron chi connectivity index (χ1n) is 8.05. The minimum atomic E-state index is -0.522. The number of nitrogens with zero attached hydrogens (tertiary/aromatic N) is 1. The van der Waals surface area contributed by atoms with Gasteiger partial charge in [0.1, 0.15) is 5.75 Å². The van der Waals surface area contributed by atoms with Crippen LogP contribution >= 0.6 is 0 Å². The van der Waals surface area contributed by atoms with E-state index in [1.165, 1.54) is 6.42 Å². The number of rotatable bonds is 7. The lowest BCUT2D eigenvalue weighted by Gasteiger charge is -2.32. The molecule has 2 amide bonds. The molecule has 1 aliphatic rings. The van der Waals surface area contributed by atoms with Gasteiger partial charge in [0.25, 0.3) is 11.8 Å². The standard InChI is InChI=1S/C17H25N3O3/c1-19-9-6-13-7-10-20(11-8-13)17(22)14-2-4-15(5-3-14)23-12-16(18)21/h2-5,13,19H,6-12H2,1H3,(H2,18,21). The van der Waals surface area contributed by atoms with E-state index >= 15 is 0 Å². The van der Waals surface area contributed by atoms with E-state index in [2.05, 4.69) is 5.32 Å². The van der Waals surface area contributed by atoms with Gasteiger partial charge >= 0.3 is 0 Å². The summed E-state index contributed by atoms with van der Waals surface area (Å²) >= 11 is 0. The van der Waals surface area contributed by atoms with Crippen LogP contribution in [0.4, 0.5) is 0 Å². The van der Waals surface area contributed by atoms with Crippen LogP contribution in [0.2, 0.25) is 0 Å². The molecule has 2 rings (SSSR count). The second-order valence-corrected chi connectivity index (χ2v) is 5.91. The number of ether oxygens (including phenoxy) is 1. The molecule has 0 bridgehead atoms. The maximum atomic E-state index is 12.5. The van der Waals surface area contributed by atoms with Crippen LogP contribution in [-0.2, 0) is 4.79 Å². The molecular formula is C17H25N3O3. The van der Waals surface area contributed by atoms with Gasteiger partial charge in [-0.05, 0) is 63.0 Å². The lowest BCUT2D eigenvalue weighted by Crippen LogP contribution is -2.38. The Morgan fingerprint density at radius 1 is 1.26 bits per heavy atom. The maximum absolute atomic E-state index is 12.5. The zero-order chi connectivity index (χ0) is 16.7. The van der Waals surface area contributed by atoms with E-state index in [0.717, 1.165) is 32.5 Å². The predicted molar refractivity (Wildman–Crippen MR) is 88.3 cm³/mol. The topological polar surface area (TPSA) is 84.7 Å². The first-order valence-corrected chi connectivity index (χ1v) is 8.05. The van der Waals surface area contributed by atoms with E-state index in [0.29, 0.717) is 17.2 Å². The molecule has 0 saturated carbocycles. The zero-order valence-electron chi connectivity index (χ0n) is 13.6. The van der Waals surface area contributed by atoms with Crippen LogP contribution in [-0.4, -0.2) is 50.0 Å². The Hall–Kier alpha value is -2.08. The van der Waals surface area contributed by atoms with Crippen molar-refractivity contribution in [3.63, 3.8) is 0 Å². The van der Waals surface area contributed by atoms with Crippen LogP contribution in [0.3, 0.4) is 0 Å². The molecule has 23 heavy (non-hydrogen) atoms. The van der Waals surface area contributed by atoms with Crippen LogP contribution in [0.1, 0.15) is 29.6 Å². The molecule has 1 heterocycles. The van der Waals surface area contributed by atoms with Crippen LogP contribution in [0, 0.1) is 5.92 Å². The van der Waals surface area contributed by atoms with Gasteiger partial charge in [-0.15, -0.1) is 0 Å². The van der Waals surface area contributed by atoms with Gasteiger partial charge in [-0.3, -0.25) is 9.59 Å². The van der Waals surface area contributed by atoms with Gasteiger partial charge in [-0.2, -0.15) is 0 Å². The van der Waals surface area contributed by atoms with E-state index in [-0.39, 0.29) is 12.5 Å². The number of hydrogen-bond acceptors (Lipinski definition) is 4. The molecule has 1 aliphatic heterocycles. The molecule has 1 saturated heterocycles. The van der Waals surface area contributed by atoms with Crippen molar-refractivity contribution in [2.75, 3.05) is 33.3 Å². The van der Waals surface area contributed by atoms with E-state index in [1.54, 1.807) is 24.3 Å². The van der Waals surface area contributed by atoms with Crippen molar-refractivity contribution in [1.82, 2.24) is 10.2 Å². The average molecular weight is 319 g/mol. The molecule has 0 unspecified atom stereocenters. The highest BCUT2D eigenvalue weighted by Crippen LogP contribution is 2.22. The Balaban J connectivity index is 1.85. The molecule has 126 valence electrons. The number of nitrogens with two attached hydrogens (primary N) is 1. The molecule has 0 aromatic heterocycles. The molecule has 6 heteroatoms. The van der Waals surface area contributed by atoms with Gasteiger partial charge < -0.3 is 20.7 Å². The number of hydrogen-bond donors (Lipinski definition) is 2. The van der Waals surface area contributed by atoms with Crippen molar-refractivity contribution < 1.29 is 14.3 Å². The first-order chi connectivity index (χ1) is 11.1. The Morgan fingerprint density at radius 3 is 2.48 bits per heavy atom. The lowest BCUT2D eigenvalue weighted by atomic mass is 9.93. The van der Waals surface area contributed by atoms with Gasteiger partial charge in [-0.1, -0.05) is 0 Å². The highest BCUT2D eigenvalue weighted by Gasteiger charge is 2.23. The average Bonchev–Trinajstić information content (AvgIpc) is 2.58. The summed E-state index contributed by atoms with van der Waals surface area (Å²) in [6.07, 6.45) is 3.30. The van der Waals surface area contributed by atoms with Crippen molar-refractivity contribution in [2.24, 2.45) is 11.7 Å². The molecule has 0 aliphatic carbocycles. The molecule has 3 N–H and O–H groups in total. The molecule has 0 atom stereocenters. The largest absolute Gasteiger partial charge is 0.484 e. The number of piperidine rings is 1. The quantitative estimate of drug-likeness (QED) is 0.785. The van der Waals surface area contributed by atoms with Crippen LogP contribution in [0.25, 0.3) is 0 Å². The van der Waals surface area contributed by atoms with Crippen LogP contribution in [0.15, 0.2) is 24.3 Å². The fourth-order valence-corrected chi connectivity index (χ4v) is 2.80. The summed E-state index contributed by atoms with van der Waals surface area (Å²) in [5, 5.41) is 3.18. The summed E-state index contributed by atoms with van der Waals surface area (Å²) in [5.74, 6) is 0.770. The molecule has 0 spiro atoms. The fraction of sp³-hybridized carbons (Fsp3) is 0.529. The van der Waals surface area contributed by atoms with Crippen molar-refractivity contribution in [2.45, 2.75) is 19.3 Å². The highest BCUT2D eigenvalue weighted by molar-refractivity contribution is 5.94. The number of carbonyl (C=O) groups excluding carboxylic acids is 2. The van der Waals surface area contributed by atoms with Crippen molar-refractivity contribution >= 4 is 11.8 Å². The summed E-state index contributed by atoms with van der Waals surface area (Å²) in [5.41, 5.74) is 5.67. The number of amides is 2. The Bertz CT molecular complexity index is 522. The zero-order valence-corrected chi connectivity index (χ0v) is 13.6. The smallest absolute Gasteiger partial charge is 0.255 e. The minimum Gasteiger partial charge on any atom is -0.484 e. The van der Waals surface area contributed by atoms with Gasteiger partial charge in [0.2, 0.25) is 0 Å². The van der Waals surface area contributed by atoms with Crippen molar-refractivity contribution in [1.29, 1.82) is 0 Å². The highest BCUT2D eigenvalue weighted by atomic mass is 16.5. The van der Waals surface area contributed by atoms with Crippen molar-refractivity contribution in [3.05, 3.63) is 29.8 Å². The van der Waals surface area contributed by atoms with E-state index in [1.807, 2.05) is 11.9 Å². The lowest BCUT2D eigenvalue weighted by molar-refractivity contribution is -0.119. The van der Waals surface area contributed by atoms with Gasteiger partial charge in [0, 0.05) is 18.7 Å². The number of carbonyl (C=O) groups is 2. The Kier molecular flexibility index (Phi) is 6.40. The third-order valence-electron chi connectivity index (χ3n) is 4.19. The van der Waals surface area contributed by atoms with E-state index < -0.39 is 5.91 Å². The Labute approximate surface area is 137 Å². The monoisotopic (exact) mass is 319 g/mol. The summed E-state index contributed by atoms with van der Waals surface area (Å²) in [4.78, 5) is 25.1. The summed E-state index contributed by atoms with van der Waals surface area (Å²) in [7, 11) is 1.97. The molecular weight excluding hydrogens is 294 g/mol. The van der Waals surface area contributed by atoms with Gasteiger partial charge in [0.05, 0.1) is 0 Å². The minimum absolute atomic E-state index is 0.0542. The maximum Gasteiger partial charge on any atom is 0.255 e. The predicted octanol–water partition coefficient (Wildman–Crippen LogP) is 1.01. The molecule has 0 radical (unpaired) electrons. The summed E-state index contributed by atoms with van der Waals surface area (Å²) in [6.45, 7) is 2.50. The number of benzene rings is 1. The number of likely N-dealkylation sites (tertiary alicyclic amines) is 1. The fourth-order valence-electron chi connectivity index (χ4n) is 2.80. The summed E-state index contributed by atoms with van der Waals surface area (Å²) in [6, 6.07) is 6.84. The van der Waals surface area contributed by atoms with Crippen LogP contribution < -0.4 is 15.8 Å². The van der Waals surface area contributed by atoms with E-state index in [4.69, 9.17) is 10.5 Å². The molecule has 1 aromatic rings. The number of primary amides is 1. The second kappa shape index (κ2) is 8.53. The molecule has 1 fully saturated rings. The van der Waals surface area contributed by atoms with Crippen LogP contribution in [0.5, 0.6) is 5.75 Å². The second-order valence-electron chi connectivity index (χ2n) is 5.91. The molecule has 1 aromatic carbocycles. The van der Waals surface area contributed by atoms with Gasteiger partial charge in [-0.25, -0.2) is 0 Å². The Morgan fingerprint density at radius 2 is 1.91 bits per heavy atom. The SMILES string of the molecule is CNCCC1CCN(C(=O)c2ccc(OCC(N)=O)cc2)CC1. The third kappa shape index (κ3) is 5.25.